The molecule has 59 heavy (non-hydrogen) atoms. The molecule has 0 bridgehead atoms. The summed E-state index contributed by atoms with van der Waals surface area (Å²) in [4.78, 5) is 37.9. The van der Waals surface area contributed by atoms with E-state index in [1.807, 2.05) is 0 Å². The number of carbonyl (C=O) groups excluding carboxylic acids is 3. The lowest BCUT2D eigenvalue weighted by molar-refractivity contribution is -0.167. The van der Waals surface area contributed by atoms with Crippen LogP contribution in [0.4, 0.5) is 0 Å². The molecule has 0 amide bonds. The van der Waals surface area contributed by atoms with E-state index in [0.29, 0.717) is 19.3 Å². The van der Waals surface area contributed by atoms with Gasteiger partial charge in [0.2, 0.25) is 0 Å². The number of esters is 3. The highest BCUT2D eigenvalue weighted by Crippen LogP contribution is 2.15. The summed E-state index contributed by atoms with van der Waals surface area (Å²) in [6.07, 6.45) is 55.5. The van der Waals surface area contributed by atoms with Crippen molar-refractivity contribution < 1.29 is 28.6 Å². The first kappa shape index (κ1) is 56.6. The van der Waals surface area contributed by atoms with Crippen molar-refractivity contribution in [2.45, 2.75) is 271 Å². The van der Waals surface area contributed by atoms with Gasteiger partial charge in [0.25, 0.3) is 0 Å². The molecule has 0 rings (SSSR count). The summed E-state index contributed by atoms with van der Waals surface area (Å²) < 4.78 is 16.8. The lowest BCUT2D eigenvalue weighted by atomic mass is 10.1. The van der Waals surface area contributed by atoms with Gasteiger partial charge >= 0.3 is 17.9 Å². The Kier molecular flexibility index (Phi) is 46.4. The zero-order valence-electron chi connectivity index (χ0n) is 39.3. The van der Waals surface area contributed by atoms with E-state index >= 15 is 0 Å². The van der Waals surface area contributed by atoms with Gasteiger partial charge in [0.1, 0.15) is 13.2 Å². The minimum absolute atomic E-state index is 0.0779. The molecule has 0 aromatic rings. The Morgan fingerprint density at radius 1 is 0.339 bits per heavy atom. The lowest BCUT2D eigenvalue weighted by Gasteiger charge is -2.18. The Morgan fingerprint density at radius 3 is 0.983 bits per heavy atom. The van der Waals surface area contributed by atoms with E-state index in [1.54, 1.807) is 0 Å². The fourth-order valence-electron chi connectivity index (χ4n) is 7.23. The molecule has 0 fully saturated rings. The average molecular weight is 829 g/mol. The van der Waals surface area contributed by atoms with Gasteiger partial charge in [-0.25, -0.2) is 0 Å². The predicted molar refractivity (Wildman–Crippen MR) is 252 cm³/mol. The van der Waals surface area contributed by atoms with Gasteiger partial charge in [0.05, 0.1) is 0 Å². The van der Waals surface area contributed by atoms with E-state index in [4.69, 9.17) is 14.2 Å². The monoisotopic (exact) mass is 829 g/mol. The molecule has 344 valence electrons. The van der Waals surface area contributed by atoms with Gasteiger partial charge in [-0.15, -0.1) is 0 Å². The molecule has 1 atom stereocenters. The third kappa shape index (κ3) is 46.5. The quantitative estimate of drug-likeness (QED) is 0.0263. The van der Waals surface area contributed by atoms with Crippen LogP contribution in [0.1, 0.15) is 265 Å². The molecule has 6 heteroatoms. The van der Waals surface area contributed by atoms with Crippen molar-refractivity contribution in [2.24, 2.45) is 0 Å². The van der Waals surface area contributed by atoms with Gasteiger partial charge in [-0.05, 0) is 77.0 Å². The van der Waals surface area contributed by atoms with Crippen LogP contribution in [0.5, 0.6) is 0 Å². The number of allylic oxidation sites excluding steroid dienone is 6. The third-order valence-electron chi connectivity index (χ3n) is 11.1. The molecule has 0 N–H and O–H groups in total. The Labute approximate surface area is 365 Å². The third-order valence-corrected chi connectivity index (χ3v) is 11.1. The highest BCUT2D eigenvalue weighted by Gasteiger charge is 2.19. The predicted octanol–water partition coefficient (Wildman–Crippen LogP) is 16.5. The zero-order chi connectivity index (χ0) is 43.0. The van der Waals surface area contributed by atoms with Crippen LogP contribution in [-0.2, 0) is 28.6 Å². The second-order valence-corrected chi connectivity index (χ2v) is 17.1. The normalized spacial score (nSPS) is 12.3. The molecule has 0 aromatic carbocycles. The van der Waals surface area contributed by atoms with Gasteiger partial charge in [0.15, 0.2) is 6.10 Å². The van der Waals surface area contributed by atoms with Crippen LogP contribution >= 0.6 is 0 Å². The van der Waals surface area contributed by atoms with Gasteiger partial charge in [-0.2, -0.15) is 0 Å². The van der Waals surface area contributed by atoms with E-state index < -0.39 is 6.10 Å². The fraction of sp³-hybridized carbons (Fsp3) is 0.830. The summed E-state index contributed by atoms with van der Waals surface area (Å²) in [6.45, 7) is 6.59. The summed E-state index contributed by atoms with van der Waals surface area (Å²) in [7, 11) is 0. The largest absolute Gasteiger partial charge is 0.462 e. The first-order valence-electron chi connectivity index (χ1n) is 25.5. The van der Waals surface area contributed by atoms with Crippen molar-refractivity contribution in [1.29, 1.82) is 0 Å². The molecular formula is C53H96O6. The maximum atomic E-state index is 12.8. The summed E-state index contributed by atoms with van der Waals surface area (Å²) in [5, 5.41) is 0. The second-order valence-electron chi connectivity index (χ2n) is 17.1. The molecule has 0 unspecified atom stereocenters. The van der Waals surface area contributed by atoms with Crippen molar-refractivity contribution in [3.8, 4) is 0 Å². The first-order chi connectivity index (χ1) is 29.0. The topological polar surface area (TPSA) is 78.9 Å². The van der Waals surface area contributed by atoms with Crippen LogP contribution in [-0.4, -0.2) is 37.2 Å². The molecule has 0 spiro atoms. The van der Waals surface area contributed by atoms with Crippen LogP contribution < -0.4 is 0 Å². The summed E-state index contributed by atoms with van der Waals surface area (Å²) in [6, 6.07) is 0. The number of unbranched alkanes of at least 4 members (excludes halogenated alkanes) is 29. The summed E-state index contributed by atoms with van der Waals surface area (Å²) in [5.74, 6) is -0.893. The van der Waals surface area contributed by atoms with E-state index in [9.17, 15) is 14.4 Å². The molecule has 0 radical (unpaired) electrons. The maximum Gasteiger partial charge on any atom is 0.306 e. The molecule has 0 aliphatic heterocycles. The fourth-order valence-corrected chi connectivity index (χ4v) is 7.23. The highest BCUT2D eigenvalue weighted by molar-refractivity contribution is 5.71. The molecule has 0 aromatic heterocycles. The smallest absolute Gasteiger partial charge is 0.306 e. The van der Waals surface area contributed by atoms with Crippen molar-refractivity contribution in [3.63, 3.8) is 0 Å². The van der Waals surface area contributed by atoms with E-state index in [1.165, 1.54) is 135 Å². The molecular weight excluding hydrogens is 733 g/mol. The average Bonchev–Trinajstić information content (AvgIpc) is 3.23. The molecule has 6 nitrogen and oxygen atoms in total. The Bertz CT molecular complexity index is 1000. The summed E-state index contributed by atoms with van der Waals surface area (Å²) in [5.41, 5.74) is 0. The number of hydrogen-bond donors (Lipinski definition) is 0. The minimum atomic E-state index is -0.778. The van der Waals surface area contributed by atoms with Crippen molar-refractivity contribution in [3.05, 3.63) is 36.5 Å². The van der Waals surface area contributed by atoms with Crippen LogP contribution in [0.25, 0.3) is 0 Å². The SMILES string of the molecule is CCCCC/C=C\C/C=C\CCCCCCCC(=O)O[C@H](COC(=O)CCCCCCC/C=C\CCCCCCCC)COC(=O)CCCCCCCCCCCCC. The molecule has 0 aliphatic carbocycles. The Morgan fingerprint density at radius 2 is 0.610 bits per heavy atom. The van der Waals surface area contributed by atoms with Gasteiger partial charge < -0.3 is 14.2 Å². The van der Waals surface area contributed by atoms with Crippen LogP contribution in [0.15, 0.2) is 36.5 Å². The van der Waals surface area contributed by atoms with Crippen LogP contribution in [0.3, 0.4) is 0 Å². The van der Waals surface area contributed by atoms with Gasteiger partial charge in [-0.3, -0.25) is 14.4 Å². The maximum absolute atomic E-state index is 12.8. The number of hydrogen-bond acceptors (Lipinski definition) is 6. The highest BCUT2D eigenvalue weighted by atomic mass is 16.6. The van der Waals surface area contributed by atoms with Crippen LogP contribution in [0.2, 0.25) is 0 Å². The standard InChI is InChI=1S/C53H96O6/c1-4-7-10-13-16-19-22-24-26-28-31-34-37-40-43-46-52(55)58-49-50(48-57-51(54)45-42-39-36-33-30-21-18-15-12-9-6-3)59-53(56)47-44-41-38-35-32-29-27-25-23-20-17-14-11-8-5-2/h17,20,24-27,50H,4-16,18-19,21-23,28-49H2,1-3H3/b20-17-,26-24-,27-25-/t50-/m0/s1. The van der Waals surface area contributed by atoms with Crippen LogP contribution in [0, 0.1) is 0 Å². The number of rotatable bonds is 46. The molecule has 0 aliphatic rings. The van der Waals surface area contributed by atoms with Gasteiger partial charge in [0, 0.05) is 19.3 Å². The lowest BCUT2D eigenvalue weighted by Crippen LogP contribution is -2.30. The Hall–Kier alpha value is -2.37. The minimum Gasteiger partial charge on any atom is -0.462 e. The number of carbonyl (C=O) groups is 3. The first-order valence-corrected chi connectivity index (χ1v) is 25.5. The van der Waals surface area contributed by atoms with Gasteiger partial charge in [-0.1, -0.05) is 205 Å². The molecule has 0 saturated carbocycles. The molecule has 0 heterocycles. The van der Waals surface area contributed by atoms with Crippen molar-refractivity contribution in [2.75, 3.05) is 13.2 Å². The van der Waals surface area contributed by atoms with E-state index in [-0.39, 0.29) is 31.1 Å². The van der Waals surface area contributed by atoms with E-state index in [2.05, 4.69) is 57.2 Å². The number of ether oxygens (including phenoxy) is 3. The van der Waals surface area contributed by atoms with Crippen molar-refractivity contribution >= 4 is 17.9 Å². The van der Waals surface area contributed by atoms with E-state index in [0.717, 1.165) is 89.9 Å². The molecule has 0 saturated heterocycles. The summed E-state index contributed by atoms with van der Waals surface area (Å²) >= 11 is 0. The Balaban J connectivity index is 4.38. The second kappa shape index (κ2) is 48.3. The van der Waals surface area contributed by atoms with Crippen molar-refractivity contribution in [1.82, 2.24) is 0 Å². The zero-order valence-corrected chi connectivity index (χ0v) is 39.3.